The van der Waals surface area contributed by atoms with Crippen molar-refractivity contribution >= 4 is 11.7 Å². The lowest BCUT2D eigenvalue weighted by Crippen LogP contribution is -2.38. The van der Waals surface area contributed by atoms with Crippen LogP contribution >= 0.6 is 0 Å². The van der Waals surface area contributed by atoms with Gasteiger partial charge in [0, 0.05) is 12.8 Å². The molecule has 1 N–H and O–H groups in total. The maximum absolute atomic E-state index is 11.7. The van der Waals surface area contributed by atoms with E-state index in [0.717, 1.165) is 5.56 Å². The molecule has 18 heavy (non-hydrogen) atoms. The van der Waals surface area contributed by atoms with Crippen molar-refractivity contribution in [2.24, 2.45) is 0 Å². The Morgan fingerprint density at radius 1 is 1.22 bits per heavy atom. The number of ketones is 1. The summed E-state index contributed by atoms with van der Waals surface area (Å²) in [6.45, 7) is 5.57. The van der Waals surface area contributed by atoms with E-state index in [2.05, 4.69) is 5.32 Å². The molecule has 3 nitrogen and oxygen atoms in total. The van der Waals surface area contributed by atoms with Gasteiger partial charge < -0.3 is 5.32 Å². The first-order valence-corrected chi connectivity index (χ1v) is 6.40. The van der Waals surface area contributed by atoms with E-state index in [1.807, 2.05) is 31.2 Å². The molecule has 98 valence electrons. The third-order valence-corrected chi connectivity index (χ3v) is 2.97. The molecule has 1 unspecified atom stereocenters. The summed E-state index contributed by atoms with van der Waals surface area (Å²) in [6.07, 6.45) is 1.59. The summed E-state index contributed by atoms with van der Waals surface area (Å²) >= 11 is 0. The predicted molar refractivity (Wildman–Crippen MR) is 72.4 cm³/mol. The number of Topliss-reactive ketones (excluding diaryl/α,β-unsaturated/α-hetero) is 1. The monoisotopic (exact) mass is 247 g/mol. The van der Waals surface area contributed by atoms with E-state index in [-0.39, 0.29) is 17.7 Å². The molecule has 1 aromatic carbocycles. The van der Waals surface area contributed by atoms with Crippen molar-refractivity contribution in [1.29, 1.82) is 0 Å². The molecule has 1 atom stereocenters. The Bertz CT molecular complexity index is 409. The summed E-state index contributed by atoms with van der Waals surface area (Å²) in [5.74, 6) is 0.00330. The Hall–Kier alpha value is -1.64. The highest BCUT2D eigenvalue weighted by molar-refractivity contribution is 5.88. The molecule has 0 aliphatic heterocycles. The van der Waals surface area contributed by atoms with Crippen LogP contribution in [-0.4, -0.2) is 17.7 Å². The Morgan fingerprint density at radius 2 is 1.83 bits per heavy atom. The molecule has 0 spiro atoms. The molecule has 0 aliphatic rings. The van der Waals surface area contributed by atoms with Crippen LogP contribution in [0.15, 0.2) is 24.3 Å². The highest BCUT2D eigenvalue weighted by Gasteiger charge is 2.13. The molecule has 0 fully saturated rings. The fraction of sp³-hybridized carbons (Fsp3) is 0.467. The van der Waals surface area contributed by atoms with Gasteiger partial charge in [-0.15, -0.1) is 0 Å². The highest BCUT2D eigenvalue weighted by atomic mass is 16.2. The zero-order chi connectivity index (χ0) is 13.5. The van der Waals surface area contributed by atoms with Crippen LogP contribution in [0, 0.1) is 6.92 Å². The zero-order valence-electron chi connectivity index (χ0n) is 11.3. The van der Waals surface area contributed by atoms with Gasteiger partial charge in [-0.2, -0.15) is 0 Å². The zero-order valence-corrected chi connectivity index (χ0v) is 11.3. The summed E-state index contributed by atoms with van der Waals surface area (Å²) in [7, 11) is 0. The predicted octanol–water partition coefficient (Wildman–Crippen LogP) is 2.41. The van der Waals surface area contributed by atoms with Crippen LogP contribution in [0.5, 0.6) is 0 Å². The topological polar surface area (TPSA) is 46.2 Å². The SMILES string of the molecule is CCC(=O)C(C)NC(=O)CCc1ccc(C)cc1. The molecule has 1 aromatic rings. The second kappa shape index (κ2) is 6.94. The third kappa shape index (κ3) is 4.70. The first kappa shape index (κ1) is 14.4. The number of nitrogens with one attached hydrogen (secondary N) is 1. The van der Waals surface area contributed by atoms with E-state index in [4.69, 9.17) is 0 Å². The molecule has 1 amide bonds. The van der Waals surface area contributed by atoms with Gasteiger partial charge in [-0.05, 0) is 25.8 Å². The number of aryl methyl sites for hydroxylation is 2. The Morgan fingerprint density at radius 3 is 2.39 bits per heavy atom. The van der Waals surface area contributed by atoms with Gasteiger partial charge in [-0.3, -0.25) is 9.59 Å². The van der Waals surface area contributed by atoms with Crippen LogP contribution in [0.4, 0.5) is 0 Å². The number of carbonyl (C=O) groups is 2. The number of hydrogen-bond donors (Lipinski definition) is 1. The number of rotatable bonds is 6. The maximum Gasteiger partial charge on any atom is 0.220 e. The summed E-state index contributed by atoms with van der Waals surface area (Å²) in [5, 5.41) is 2.72. The average Bonchev–Trinajstić information content (AvgIpc) is 2.37. The van der Waals surface area contributed by atoms with E-state index < -0.39 is 0 Å². The second-order valence-electron chi connectivity index (χ2n) is 4.59. The van der Waals surface area contributed by atoms with Crippen molar-refractivity contribution in [3.05, 3.63) is 35.4 Å². The summed E-state index contributed by atoms with van der Waals surface area (Å²) < 4.78 is 0. The number of amides is 1. The van der Waals surface area contributed by atoms with Crippen LogP contribution < -0.4 is 5.32 Å². The summed E-state index contributed by atoms with van der Waals surface area (Å²) in [6, 6.07) is 7.76. The van der Waals surface area contributed by atoms with E-state index in [1.54, 1.807) is 13.8 Å². The van der Waals surface area contributed by atoms with Crippen molar-refractivity contribution < 1.29 is 9.59 Å². The molecule has 0 aromatic heterocycles. The minimum Gasteiger partial charge on any atom is -0.347 e. The van der Waals surface area contributed by atoms with Crippen LogP contribution in [0.25, 0.3) is 0 Å². The largest absolute Gasteiger partial charge is 0.347 e. The van der Waals surface area contributed by atoms with E-state index >= 15 is 0 Å². The van der Waals surface area contributed by atoms with Crippen LogP contribution in [-0.2, 0) is 16.0 Å². The van der Waals surface area contributed by atoms with Crippen molar-refractivity contribution in [2.45, 2.75) is 46.1 Å². The molecule has 0 bridgehead atoms. The Kier molecular flexibility index (Phi) is 5.56. The van der Waals surface area contributed by atoms with Crippen molar-refractivity contribution in [3.8, 4) is 0 Å². The first-order chi connectivity index (χ1) is 8.52. The number of hydrogen-bond acceptors (Lipinski definition) is 2. The highest BCUT2D eigenvalue weighted by Crippen LogP contribution is 2.05. The number of carbonyl (C=O) groups excluding carboxylic acids is 2. The van der Waals surface area contributed by atoms with Gasteiger partial charge in [-0.25, -0.2) is 0 Å². The molecule has 0 saturated heterocycles. The Labute approximate surface area is 109 Å². The molecule has 0 heterocycles. The average molecular weight is 247 g/mol. The van der Waals surface area contributed by atoms with Gasteiger partial charge in [0.1, 0.15) is 0 Å². The van der Waals surface area contributed by atoms with E-state index in [1.165, 1.54) is 5.56 Å². The van der Waals surface area contributed by atoms with Crippen LogP contribution in [0.3, 0.4) is 0 Å². The molecule has 0 radical (unpaired) electrons. The molecule has 0 aliphatic carbocycles. The number of benzene rings is 1. The van der Waals surface area contributed by atoms with E-state index in [0.29, 0.717) is 19.3 Å². The maximum atomic E-state index is 11.7. The third-order valence-electron chi connectivity index (χ3n) is 2.97. The summed E-state index contributed by atoms with van der Waals surface area (Å²) in [5.41, 5.74) is 2.36. The molecular weight excluding hydrogens is 226 g/mol. The van der Waals surface area contributed by atoms with Crippen molar-refractivity contribution in [1.82, 2.24) is 5.32 Å². The Balaban J connectivity index is 2.37. The lowest BCUT2D eigenvalue weighted by Gasteiger charge is -2.11. The summed E-state index contributed by atoms with van der Waals surface area (Å²) in [4.78, 5) is 23.0. The molecule has 1 rings (SSSR count). The van der Waals surface area contributed by atoms with Crippen LogP contribution in [0.1, 0.15) is 37.8 Å². The standard InChI is InChI=1S/C15H21NO2/c1-4-14(17)12(3)16-15(18)10-9-13-7-5-11(2)6-8-13/h5-8,12H,4,9-10H2,1-3H3,(H,16,18). The van der Waals surface area contributed by atoms with Crippen molar-refractivity contribution in [3.63, 3.8) is 0 Å². The van der Waals surface area contributed by atoms with Gasteiger partial charge in [-0.1, -0.05) is 36.8 Å². The smallest absolute Gasteiger partial charge is 0.220 e. The first-order valence-electron chi connectivity index (χ1n) is 6.40. The lowest BCUT2D eigenvalue weighted by molar-refractivity contribution is -0.127. The molecule has 0 saturated carbocycles. The van der Waals surface area contributed by atoms with Crippen molar-refractivity contribution in [2.75, 3.05) is 0 Å². The van der Waals surface area contributed by atoms with Crippen LogP contribution in [0.2, 0.25) is 0 Å². The van der Waals surface area contributed by atoms with E-state index in [9.17, 15) is 9.59 Å². The van der Waals surface area contributed by atoms with Gasteiger partial charge in [0.25, 0.3) is 0 Å². The second-order valence-corrected chi connectivity index (χ2v) is 4.59. The minimum absolute atomic E-state index is 0.0649. The van der Waals surface area contributed by atoms with Gasteiger partial charge in [0.15, 0.2) is 5.78 Å². The quantitative estimate of drug-likeness (QED) is 0.839. The van der Waals surface area contributed by atoms with Gasteiger partial charge in [0.05, 0.1) is 6.04 Å². The fourth-order valence-corrected chi connectivity index (χ4v) is 1.71. The fourth-order valence-electron chi connectivity index (χ4n) is 1.71. The normalized spacial score (nSPS) is 11.9. The van der Waals surface area contributed by atoms with Gasteiger partial charge in [0.2, 0.25) is 5.91 Å². The minimum atomic E-state index is -0.375. The molecular formula is C15H21NO2. The van der Waals surface area contributed by atoms with Gasteiger partial charge >= 0.3 is 0 Å². The lowest BCUT2D eigenvalue weighted by atomic mass is 10.1. The molecule has 3 heteroatoms.